The molecular weight excluding hydrogens is 176 g/mol. The van der Waals surface area contributed by atoms with Crippen LogP contribution in [0.15, 0.2) is 4.99 Å². The number of carbonyl (C=O) groups excluding carboxylic acids is 1. The fraction of sp³-hybridized carbons (Fsp3) is 0.714. The molecule has 1 aliphatic heterocycles. The molecule has 0 aromatic heterocycles. The smallest absolute Gasteiger partial charge is 0.156 e. The highest BCUT2D eigenvalue weighted by Gasteiger charge is 2.04. The van der Waals surface area contributed by atoms with Gasteiger partial charge in [0.1, 0.15) is 0 Å². The summed E-state index contributed by atoms with van der Waals surface area (Å²) in [5, 5.41) is 14.0. The van der Waals surface area contributed by atoms with E-state index in [1.165, 1.54) is 0 Å². The number of amidine groups is 1. The standard InChI is InChI=1S/C7H12N2O2S/c10-6(11)2-1-3-8-7-9-4-5-12-7/h1-5H2,(H,8,9)(H,10,11)/p-1. The predicted octanol–water partition coefficient (Wildman–Crippen LogP) is -0.791. The van der Waals surface area contributed by atoms with E-state index in [2.05, 4.69) is 10.3 Å². The maximum Gasteiger partial charge on any atom is 0.156 e. The van der Waals surface area contributed by atoms with Gasteiger partial charge in [-0.25, -0.2) is 0 Å². The van der Waals surface area contributed by atoms with Gasteiger partial charge in [-0.2, -0.15) is 0 Å². The summed E-state index contributed by atoms with van der Waals surface area (Å²) in [6, 6.07) is 0. The molecule has 0 aromatic carbocycles. The Morgan fingerprint density at radius 2 is 2.58 bits per heavy atom. The molecule has 0 amide bonds. The van der Waals surface area contributed by atoms with Gasteiger partial charge < -0.3 is 15.2 Å². The number of nitrogens with zero attached hydrogens (tertiary/aromatic N) is 1. The highest BCUT2D eigenvalue weighted by atomic mass is 32.2. The molecule has 4 nitrogen and oxygen atoms in total. The molecule has 0 atom stereocenters. The summed E-state index contributed by atoms with van der Waals surface area (Å²) in [6.45, 7) is 1.54. The summed E-state index contributed by atoms with van der Waals surface area (Å²) in [6.07, 6.45) is 0.715. The molecule has 1 N–H and O–H groups in total. The molecule has 1 aliphatic rings. The van der Waals surface area contributed by atoms with Crippen molar-refractivity contribution in [1.82, 2.24) is 5.32 Å². The van der Waals surface area contributed by atoms with Crippen molar-refractivity contribution in [3.8, 4) is 0 Å². The average Bonchev–Trinajstić information content (AvgIpc) is 2.49. The maximum absolute atomic E-state index is 10.0. The minimum atomic E-state index is -0.988. The maximum atomic E-state index is 10.0. The van der Waals surface area contributed by atoms with Crippen LogP contribution in [0.3, 0.4) is 0 Å². The van der Waals surface area contributed by atoms with Crippen LogP contribution >= 0.6 is 11.8 Å². The molecule has 5 heteroatoms. The largest absolute Gasteiger partial charge is 0.550 e. The van der Waals surface area contributed by atoms with Crippen molar-refractivity contribution in [2.24, 2.45) is 4.99 Å². The van der Waals surface area contributed by atoms with Gasteiger partial charge in [-0.15, -0.1) is 0 Å². The lowest BCUT2D eigenvalue weighted by atomic mass is 10.3. The second-order valence-corrected chi connectivity index (χ2v) is 3.52. The van der Waals surface area contributed by atoms with Gasteiger partial charge in [0.2, 0.25) is 0 Å². The normalized spacial score (nSPS) is 15.8. The van der Waals surface area contributed by atoms with Crippen LogP contribution in [0.2, 0.25) is 0 Å². The second-order valence-electron chi connectivity index (χ2n) is 2.44. The number of aliphatic imine (C=N–C) groups is 1. The number of carbonyl (C=O) groups is 1. The molecule has 1 heterocycles. The van der Waals surface area contributed by atoms with Gasteiger partial charge >= 0.3 is 0 Å². The number of nitrogens with one attached hydrogen (secondary N) is 1. The Hall–Kier alpha value is -0.710. The van der Waals surface area contributed by atoms with Crippen LogP contribution in [-0.2, 0) is 4.79 Å². The molecule has 0 fully saturated rings. The van der Waals surface area contributed by atoms with E-state index in [1.54, 1.807) is 11.8 Å². The van der Waals surface area contributed by atoms with Crippen LogP contribution in [-0.4, -0.2) is 30.0 Å². The monoisotopic (exact) mass is 187 g/mol. The minimum absolute atomic E-state index is 0.116. The van der Waals surface area contributed by atoms with Crippen LogP contribution in [0.5, 0.6) is 0 Å². The van der Waals surface area contributed by atoms with E-state index >= 15 is 0 Å². The van der Waals surface area contributed by atoms with Crippen molar-refractivity contribution in [3.63, 3.8) is 0 Å². The van der Waals surface area contributed by atoms with Crippen LogP contribution in [0.1, 0.15) is 12.8 Å². The SMILES string of the molecule is O=C([O-])CCCNC1=NCCS1. The van der Waals surface area contributed by atoms with E-state index in [-0.39, 0.29) is 6.42 Å². The molecular formula is C7H11N2O2S-. The number of hydrogen-bond acceptors (Lipinski definition) is 5. The lowest BCUT2D eigenvalue weighted by Gasteiger charge is -2.04. The van der Waals surface area contributed by atoms with Gasteiger partial charge in [-0.1, -0.05) is 11.8 Å². The van der Waals surface area contributed by atoms with Gasteiger partial charge in [-0.3, -0.25) is 4.99 Å². The molecule has 0 saturated heterocycles. The lowest BCUT2D eigenvalue weighted by Crippen LogP contribution is -2.25. The summed E-state index contributed by atoms with van der Waals surface area (Å²) in [7, 11) is 0. The molecule has 12 heavy (non-hydrogen) atoms. The summed E-state index contributed by atoms with van der Waals surface area (Å²) in [5.74, 6) is 0.0424. The van der Waals surface area contributed by atoms with Crippen LogP contribution < -0.4 is 10.4 Å². The first-order chi connectivity index (χ1) is 5.79. The topological polar surface area (TPSA) is 64.5 Å². The van der Waals surface area contributed by atoms with Gasteiger partial charge in [0.05, 0.1) is 6.54 Å². The molecule has 0 unspecified atom stereocenters. The molecule has 68 valence electrons. The molecule has 0 saturated carbocycles. The van der Waals surface area contributed by atoms with Crippen LogP contribution in [0, 0.1) is 0 Å². The van der Waals surface area contributed by atoms with Gasteiger partial charge in [0.15, 0.2) is 5.17 Å². The average molecular weight is 187 g/mol. The van der Waals surface area contributed by atoms with E-state index < -0.39 is 5.97 Å². The zero-order chi connectivity index (χ0) is 8.81. The Kier molecular flexibility index (Phi) is 3.93. The first kappa shape index (κ1) is 9.38. The highest BCUT2D eigenvalue weighted by Crippen LogP contribution is 2.08. The zero-order valence-corrected chi connectivity index (χ0v) is 7.52. The summed E-state index contributed by atoms with van der Waals surface area (Å²) < 4.78 is 0. The van der Waals surface area contributed by atoms with Gasteiger partial charge in [-0.05, 0) is 12.8 Å². The molecule has 0 bridgehead atoms. The first-order valence-corrected chi connectivity index (χ1v) is 4.88. The Bertz CT molecular complexity index is 194. The predicted molar refractivity (Wildman–Crippen MR) is 47.0 cm³/mol. The van der Waals surface area contributed by atoms with Crippen molar-refractivity contribution in [1.29, 1.82) is 0 Å². The Morgan fingerprint density at radius 3 is 3.17 bits per heavy atom. The summed E-state index contributed by atoms with van der Waals surface area (Å²) >= 11 is 1.68. The Balaban J connectivity index is 1.98. The van der Waals surface area contributed by atoms with E-state index in [9.17, 15) is 9.90 Å². The fourth-order valence-electron chi connectivity index (χ4n) is 0.870. The third kappa shape index (κ3) is 3.61. The Morgan fingerprint density at radius 1 is 1.75 bits per heavy atom. The number of rotatable bonds is 4. The number of thioether (sulfide) groups is 1. The number of hydrogen-bond donors (Lipinski definition) is 1. The summed E-state index contributed by atoms with van der Waals surface area (Å²) in [5.41, 5.74) is 0. The van der Waals surface area contributed by atoms with Crippen molar-refractivity contribution in [2.75, 3.05) is 18.8 Å². The minimum Gasteiger partial charge on any atom is -0.550 e. The molecule has 0 radical (unpaired) electrons. The van der Waals surface area contributed by atoms with E-state index in [1.807, 2.05) is 0 Å². The van der Waals surface area contributed by atoms with Crippen LogP contribution in [0.4, 0.5) is 0 Å². The molecule has 0 aromatic rings. The quantitative estimate of drug-likeness (QED) is 0.586. The van der Waals surface area contributed by atoms with Crippen molar-refractivity contribution in [2.45, 2.75) is 12.8 Å². The third-order valence-electron chi connectivity index (χ3n) is 1.42. The molecule has 0 aliphatic carbocycles. The van der Waals surface area contributed by atoms with E-state index in [0.717, 1.165) is 17.5 Å². The molecule has 1 rings (SSSR count). The number of aliphatic carboxylic acids is 1. The van der Waals surface area contributed by atoms with Crippen LogP contribution in [0.25, 0.3) is 0 Å². The third-order valence-corrected chi connectivity index (χ3v) is 2.35. The Labute approximate surface area is 75.4 Å². The molecule has 0 spiro atoms. The number of carboxylic acids is 1. The highest BCUT2D eigenvalue weighted by molar-refractivity contribution is 8.14. The summed E-state index contributed by atoms with van der Waals surface area (Å²) in [4.78, 5) is 14.2. The number of carboxylic acid groups (broad SMARTS) is 1. The van der Waals surface area contributed by atoms with Crippen molar-refractivity contribution in [3.05, 3.63) is 0 Å². The van der Waals surface area contributed by atoms with E-state index in [0.29, 0.717) is 13.0 Å². The van der Waals surface area contributed by atoms with Crippen molar-refractivity contribution < 1.29 is 9.90 Å². The lowest BCUT2D eigenvalue weighted by molar-refractivity contribution is -0.305. The van der Waals surface area contributed by atoms with Gasteiger partial charge in [0.25, 0.3) is 0 Å². The zero-order valence-electron chi connectivity index (χ0n) is 6.71. The van der Waals surface area contributed by atoms with E-state index in [4.69, 9.17) is 0 Å². The van der Waals surface area contributed by atoms with Crippen molar-refractivity contribution >= 4 is 22.9 Å². The van der Waals surface area contributed by atoms with Gasteiger partial charge in [0, 0.05) is 18.3 Å². The fourth-order valence-corrected chi connectivity index (χ4v) is 1.63. The first-order valence-electron chi connectivity index (χ1n) is 3.90. The second kappa shape index (κ2) is 5.03.